The maximum atomic E-state index is 12.2. The Morgan fingerprint density at radius 1 is 0.933 bits per heavy atom. The van der Waals surface area contributed by atoms with Crippen molar-refractivity contribution in [1.29, 1.82) is 0 Å². The fourth-order valence-electron chi connectivity index (χ4n) is 2.48. The van der Waals surface area contributed by atoms with Crippen molar-refractivity contribution >= 4 is 52.3 Å². The van der Waals surface area contributed by atoms with Crippen molar-refractivity contribution < 1.29 is 19.1 Å². The highest BCUT2D eigenvalue weighted by Crippen LogP contribution is 2.21. The van der Waals surface area contributed by atoms with E-state index in [4.69, 9.17) is 4.74 Å². The van der Waals surface area contributed by atoms with Crippen LogP contribution in [0.2, 0.25) is 0 Å². The largest absolute Gasteiger partial charge is 0.462 e. The van der Waals surface area contributed by atoms with Crippen LogP contribution in [0.5, 0.6) is 0 Å². The quantitative estimate of drug-likeness (QED) is 0.384. The van der Waals surface area contributed by atoms with Gasteiger partial charge < -0.3 is 15.4 Å². The van der Waals surface area contributed by atoms with Gasteiger partial charge in [-0.2, -0.15) is 0 Å². The molecule has 3 aromatic rings. The predicted octanol–water partition coefficient (Wildman–Crippen LogP) is 4.91. The van der Waals surface area contributed by atoms with Crippen molar-refractivity contribution in [2.24, 2.45) is 0 Å². The van der Waals surface area contributed by atoms with Crippen LogP contribution in [0.15, 0.2) is 70.9 Å². The van der Waals surface area contributed by atoms with Crippen molar-refractivity contribution in [3.63, 3.8) is 0 Å². The summed E-state index contributed by atoms with van der Waals surface area (Å²) in [5.74, 6) is -0.445. The van der Waals surface area contributed by atoms with E-state index in [-0.39, 0.29) is 23.5 Å². The summed E-state index contributed by atoms with van der Waals surface area (Å²) in [6.45, 7) is 2.06. The standard InChI is InChI=1S/C22H20N2O4S2/c1-2-28-22(27)15-5-7-16(8-6-15)23-20(25)14-30-18-11-9-17(10-12-18)24-21(26)19-4-3-13-29-19/h3-13H,2,14H2,1H3,(H,23,25)(H,24,26). The number of rotatable bonds is 8. The molecule has 0 radical (unpaired) electrons. The molecule has 8 heteroatoms. The van der Waals surface area contributed by atoms with Gasteiger partial charge in [0.05, 0.1) is 22.8 Å². The number of ether oxygens (including phenoxy) is 1. The molecule has 1 aromatic heterocycles. The third-order valence-corrected chi connectivity index (χ3v) is 5.79. The summed E-state index contributed by atoms with van der Waals surface area (Å²) in [4.78, 5) is 37.4. The average Bonchev–Trinajstić information content (AvgIpc) is 3.29. The van der Waals surface area contributed by atoms with Crippen LogP contribution < -0.4 is 10.6 Å². The van der Waals surface area contributed by atoms with Crippen LogP contribution in [0.4, 0.5) is 11.4 Å². The summed E-state index contributed by atoms with van der Waals surface area (Å²) < 4.78 is 4.93. The van der Waals surface area contributed by atoms with Gasteiger partial charge in [0.15, 0.2) is 0 Å². The molecular formula is C22H20N2O4S2. The van der Waals surface area contributed by atoms with E-state index in [0.29, 0.717) is 28.4 Å². The maximum Gasteiger partial charge on any atom is 0.338 e. The summed E-state index contributed by atoms with van der Waals surface area (Å²) in [7, 11) is 0. The Bertz CT molecular complexity index is 1000. The number of carbonyl (C=O) groups excluding carboxylic acids is 3. The number of thiophene rings is 1. The van der Waals surface area contributed by atoms with Crippen molar-refractivity contribution in [2.45, 2.75) is 11.8 Å². The van der Waals surface area contributed by atoms with Gasteiger partial charge in [-0.15, -0.1) is 23.1 Å². The minimum Gasteiger partial charge on any atom is -0.462 e. The Labute approximate surface area is 182 Å². The highest BCUT2D eigenvalue weighted by molar-refractivity contribution is 8.00. The SMILES string of the molecule is CCOC(=O)c1ccc(NC(=O)CSc2ccc(NC(=O)c3cccs3)cc2)cc1. The Balaban J connectivity index is 1.46. The van der Waals surface area contributed by atoms with E-state index in [1.54, 1.807) is 49.4 Å². The van der Waals surface area contributed by atoms with Gasteiger partial charge in [0, 0.05) is 16.3 Å². The molecule has 0 unspecified atom stereocenters. The van der Waals surface area contributed by atoms with Gasteiger partial charge in [-0.25, -0.2) is 4.79 Å². The topological polar surface area (TPSA) is 84.5 Å². The minimum absolute atomic E-state index is 0.140. The van der Waals surface area contributed by atoms with Crippen molar-refractivity contribution in [2.75, 3.05) is 23.0 Å². The summed E-state index contributed by atoms with van der Waals surface area (Å²) >= 11 is 2.78. The van der Waals surface area contributed by atoms with Gasteiger partial charge in [0.1, 0.15) is 0 Å². The van der Waals surface area contributed by atoms with Crippen LogP contribution in [0.1, 0.15) is 27.0 Å². The second-order valence-electron chi connectivity index (χ2n) is 6.09. The molecule has 30 heavy (non-hydrogen) atoms. The molecule has 0 fully saturated rings. The van der Waals surface area contributed by atoms with E-state index >= 15 is 0 Å². The van der Waals surface area contributed by atoms with Crippen LogP contribution in [0, 0.1) is 0 Å². The monoisotopic (exact) mass is 440 g/mol. The third-order valence-electron chi connectivity index (χ3n) is 3.91. The first-order valence-corrected chi connectivity index (χ1v) is 11.1. The summed E-state index contributed by atoms with van der Waals surface area (Å²) in [6, 6.07) is 17.5. The van der Waals surface area contributed by atoms with Crippen LogP contribution in [0.3, 0.4) is 0 Å². The molecule has 0 bridgehead atoms. The highest BCUT2D eigenvalue weighted by Gasteiger charge is 2.09. The lowest BCUT2D eigenvalue weighted by atomic mass is 10.2. The van der Waals surface area contributed by atoms with Crippen molar-refractivity contribution in [3.05, 3.63) is 76.5 Å². The number of hydrogen-bond acceptors (Lipinski definition) is 6. The number of thioether (sulfide) groups is 1. The molecule has 2 aromatic carbocycles. The molecule has 0 atom stereocenters. The summed E-state index contributed by atoms with van der Waals surface area (Å²) in [6.07, 6.45) is 0. The normalized spacial score (nSPS) is 10.3. The van der Waals surface area contributed by atoms with E-state index in [2.05, 4.69) is 10.6 Å². The lowest BCUT2D eigenvalue weighted by Crippen LogP contribution is -2.14. The Morgan fingerprint density at radius 2 is 1.60 bits per heavy atom. The molecule has 6 nitrogen and oxygen atoms in total. The number of nitrogens with one attached hydrogen (secondary N) is 2. The second kappa shape index (κ2) is 10.6. The molecule has 0 aliphatic rings. The number of esters is 1. The van der Waals surface area contributed by atoms with E-state index < -0.39 is 0 Å². The Morgan fingerprint density at radius 3 is 2.23 bits per heavy atom. The molecule has 0 saturated heterocycles. The van der Waals surface area contributed by atoms with Crippen LogP contribution in [-0.2, 0) is 9.53 Å². The zero-order valence-corrected chi connectivity index (χ0v) is 17.8. The minimum atomic E-state index is -0.388. The van der Waals surface area contributed by atoms with Gasteiger partial charge in [-0.05, 0) is 66.9 Å². The molecular weight excluding hydrogens is 420 g/mol. The lowest BCUT2D eigenvalue weighted by Gasteiger charge is -2.07. The molecule has 154 valence electrons. The van der Waals surface area contributed by atoms with E-state index in [1.165, 1.54) is 23.1 Å². The first-order valence-electron chi connectivity index (χ1n) is 9.20. The van der Waals surface area contributed by atoms with Crippen LogP contribution in [-0.4, -0.2) is 30.1 Å². The zero-order chi connectivity index (χ0) is 21.3. The lowest BCUT2D eigenvalue weighted by molar-refractivity contribution is -0.113. The first-order chi connectivity index (χ1) is 14.5. The first kappa shape index (κ1) is 21.6. The highest BCUT2D eigenvalue weighted by atomic mass is 32.2. The molecule has 3 rings (SSSR count). The molecule has 0 saturated carbocycles. The van der Waals surface area contributed by atoms with Crippen LogP contribution in [0.25, 0.3) is 0 Å². The third kappa shape index (κ3) is 6.20. The Kier molecular flexibility index (Phi) is 7.64. The summed E-state index contributed by atoms with van der Waals surface area (Å²) in [5.41, 5.74) is 1.75. The number of carbonyl (C=O) groups is 3. The number of hydrogen-bond donors (Lipinski definition) is 2. The molecule has 0 aliphatic heterocycles. The number of anilines is 2. The number of benzene rings is 2. The van der Waals surface area contributed by atoms with Crippen molar-refractivity contribution in [3.8, 4) is 0 Å². The molecule has 2 amide bonds. The molecule has 1 heterocycles. The molecule has 0 aliphatic carbocycles. The number of amides is 2. The van der Waals surface area contributed by atoms with Gasteiger partial charge >= 0.3 is 5.97 Å². The second-order valence-corrected chi connectivity index (χ2v) is 8.09. The zero-order valence-electron chi connectivity index (χ0n) is 16.2. The maximum absolute atomic E-state index is 12.2. The predicted molar refractivity (Wildman–Crippen MR) is 120 cm³/mol. The smallest absolute Gasteiger partial charge is 0.338 e. The fourth-order valence-corrected chi connectivity index (χ4v) is 3.80. The van der Waals surface area contributed by atoms with Gasteiger partial charge in [0.2, 0.25) is 5.91 Å². The van der Waals surface area contributed by atoms with E-state index in [0.717, 1.165) is 4.90 Å². The Hall–Kier alpha value is -3.10. The van der Waals surface area contributed by atoms with E-state index in [1.807, 2.05) is 23.6 Å². The van der Waals surface area contributed by atoms with Crippen LogP contribution >= 0.6 is 23.1 Å². The van der Waals surface area contributed by atoms with E-state index in [9.17, 15) is 14.4 Å². The van der Waals surface area contributed by atoms with Gasteiger partial charge in [-0.3, -0.25) is 9.59 Å². The van der Waals surface area contributed by atoms with Crippen molar-refractivity contribution in [1.82, 2.24) is 0 Å². The van der Waals surface area contributed by atoms with Gasteiger partial charge in [-0.1, -0.05) is 6.07 Å². The average molecular weight is 441 g/mol. The molecule has 0 spiro atoms. The van der Waals surface area contributed by atoms with Gasteiger partial charge in [0.25, 0.3) is 5.91 Å². The molecule has 2 N–H and O–H groups in total. The summed E-state index contributed by atoms with van der Waals surface area (Å²) in [5, 5.41) is 7.49. The fraction of sp³-hybridized carbons (Fsp3) is 0.136.